The van der Waals surface area contributed by atoms with E-state index in [4.69, 9.17) is 0 Å². The molecule has 1 aromatic heterocycles. The number of thioether (sulfide) groups is 1. The molecule has 0 aromatic carbocycles. The summed E-state index contributed by atoms with van der Waals surface area (Å²) in [6, 6.07) is -0.102. The zero-order valence-electron chi connectivity index (χ0n) is 11.5. The lowest BCUT2D eigenvalue weighted by atomic mass is 10.3. The molecule has 0 aliphatic carbocycles. The molecule has 19 heavy (non-hydrogen) atoms. The van der Waals surface area contributed by atoms with Gasteiger partial charge in [0.15, 0.2) is 0 Å². The molecule has 0 bridgehead atoms. The fraction of sp³-hybridized carbons (Fsp3) is 0.667. The van der Waals surface area contributed by atoms with Crippen molar-refractivity contribution in [3.05, 3.63) is 15.8 Å². The van der Waals surface area contributed by atoms with Crippen LogP contribution in [0.25, 0.3) is 0 Å². The molecule has 4 nitrogen and oxygen atoms in total. The third-order valence-corrected chi connectivity index (χ3v) is 6.63. The number of sulfonamides is 1. The molecule has 110 valence electrons. The molecule has 1 atom stereocenters. The monoisotopic (exact) mass is 323 g/mol. The van der Waals surface area contributed by atoms with Crippen molar-refractivity contribution in [3.8, 4) is 0 Å². The van der Waals surface area contributed by atoms with Gasteiger partial charge >= 0.3 is 0 Å². The maximum atomic E-state index is 12.3. The molecule has 0 saturated heterocycles. The second kappa shape index (κ2) is 7.64. The second-order valence-corrected chi connectivity index (χ2v) is 8.35. The third kappa shape index (κ3) is 4.75. The highest BCUT2D eigenvalue weighted by Gasteiger charge is 2.24. The summed E-state index contributed by atoms with van der Waals surface area (Å²) in [5, 5.41) is 11.0. The molecule has 0 saturated carbocycles. The molecule has 0 spiro atoms. The zero-order valence-corrected chi connectivity index (χ0v) is 13.9. The van der Waals surface area contributed by atoms with Crippen LogP contribution in [-0.2, 0) is 16.6 Å². The Morgan fingerprint density at radius 2 is 2.21 bits per heavy atom. The molecule has 0 radical (unpaired) electrons. The molecule has 2 N–H and O–H groups in total. The van der Waals surface area contributed by atoms with Gasteiger partial charge in [-0.25, -0.2) is 13.1 Å². The highest BCUT2D eigenvalue weighted by atomic mass is 32.2. The van der Waals surface area contributed by atoms with Gasteiger partial charge in [-0.1, -0.05) is 6.92 Å². The van der Waals surface area contributed by atoms with Crippen molar-refractivity contribution in [2.24, 2.45) is 0 Å². The first-order valence-corrected chi connectivity index (χ1v) is 9.72. The predicted octanol–water partition coefficient (Wildman–Crippen LogP) is 2.36. The Kier molecular flexibility index (Phi) is 6.82. The molecule has 0 aliphatic heterocycles. The van der Waals surface area contributed by atoms with Crippen LogP contribution in [0, 0.1) is 6.92 Å². The smallest absolute Gasteiger partial charge is 0.242 e. The van der Waals surface area contributed by atoms with Crippen LogP contribution in [-0.4, -0.2) is 31.1 Å². The molecule has 0 fully saturated rings. The Balaban J connectivity index is 2.78. The number of rotatable bonds is 8. The number of hydrogen-bond acceptors (Lipinski definition) is 5. The van der Waals surface area contributed by atoms with Gasteiger partial charge in [-0.15, -0.1) is 11.3 Å². The number of aryl methyl sites for hydroxylation is 1. The van der Waals surface area contributed by atoms with Crippen LogP contribution in [0.5, 0.6) is 0 Å². The summed E-state index contributed by atoms with van der Waals surface area (Å²) in [6.07, 6.45) is 0.801. The van der Waals surface area contributed by atoms with Gasteiger partial charge in [0.2, 0.25) is 10.0 Å². The third-order valence-electron chi connectivity index (χ3n) is 2.66. The lowest BCUT2D eigenvalue weighted by molar-refractivity contribution is 0.282. The SMILES string of the molecule is CCSCCC(C)NS(=O)(=O)c1c(C)csc1CO. The summed E-state index contributed by atoms with van der Waals surface area (Å²) < 4.78 is 27.3. The van der Waals surface area contributed by atoms with Crippen molar-refractivity contribution in [2.75, 3.05) is 11.5 Å². The fourth-order valence-corrected chi connectivity index (χ4v) is 5.49. The molecular formula is C12H21NO3S3. The Morgan fingerprint density at radius 1 is 1.53 bits per heavy atom. The summed E-state index contributed by atoms with van der Waals surface area (Å²) >= 11 is 3.08. The van der Waals surface area contributed by atoms with Crippen LogP contribution in [0.4, 0.5) is 0 Å². The molecule has 0 aliphatic rings. The molecule has 1 rings (SSSR count). The number of aliphatic hydroxyl groups is 1. The van der Waals surface area contributed by atoms with Crippen LogP contribution >= 0.6 is 23.1 Å². The summed E-state index contributed by atoms with van der Waals surface area (Å²) in [5.74, 6) is 1.98. The van der Waals surface area contributed by atoms with Gasteiger partial charge in [-0.3, -0.25) is 0 Å². The van der Waals surface area contributed by atoms with Gasteiger partial charge in [0, 0.05) is 6.04 Å². The number of hydrogen-bond donors (Lipinski definition) is 2. The summed E-state index contributed by atoms with van der Waals surface area (Å²) in [5.41, 5.74) is 0.691. The minimum absolute atomic E-state index is 0.102. The van der Waals surface area contributed by atoms with Gasteiger partial charge in [0.25, 0.3) is 0 Å². The predicted molar refractivity (Wildman–Crippen MR) is 82.4 cm³/mol. The standard InChI is InChI=1S/C12H21NO3S3/c1-4-17-6-5-10(3)13-19(15,16)12-9(2)8-18-11(12)7-14/h8,10,13-14H,4-7H2,1-3H3. The molecule has 1 heterocycles. The molecule has 0 amide bonds. The quantitative estimate of drug-likeness (QED) is 0.721. The average molecular weight is 324 g/mol. The van der Waals surface area contributed by atoms with Crippen LogP contribution in [0.2, 0.25) is 0 Å². The van der Waals surface area contributed by atoms with Gasteiger partial charge in [-0.05, 0) is 42.7 Å². The normalized spacial score (nSPS) is 13.7. The van der Waals surface area contributed by atoms with E-state index in [1.165, 1.54) is 11.3 Å². The largest absolute Gasteiger partial charge is 0.391 e. The van der Waals surface area contributed by atoms with E-state index in [9.17, 15) is 13.5 Å². The van der Waals surface area contributed by atoms with Crippen LogP contribution in [0.1, 0.15) is 30.7 Å². The molecular weight excluding hydrogens is 302 g/mol. The average Bonchev–Trinajstić information content (AvgIpc) is 2.70. The second-order valence-electron chi connectivity index (χ2n) is 4.34. The van der Waals surface area contributed by atoms with E-state index in [2.05, 4.69) is 11.6 Å². The maximum absolute atomic E-state index is 12.3. The van der Waals surface area contributed by atoms with Gasteiger partial charge in [-0.2, -0.15) is 11.8 Å². The Labute approximate surface area is 123 Å². The highest BCUT2D eigenvalue weighted by molar-refractivity contribution is 7.99. The Hall–Kier alpha value is -0.0800. The first-order chi connectivity index (χ1) is 8.92. The minimum Gasteiger partial charge on any atom is -0.391 e. The summed E-state index contributed by atoms with van der Waals surface area (Å²) in [7, 11) is -3.54. The Morgan fingerprint density at radius 3 is 2.79 bits per heavy atom. The first-order valence-electron chi connectivity index (χ1n) is 6.20. The molecule has 1 unspecified atom stereocenters. The molecule has 7 heteroatoms. The van der Waals surface area contributed by atoms with Crippen molar-refractivity contribution < 1.29 is 13.5 Å². The number of thiophene rings is 1. The van der Waals surface area contributed by atoms with Crippen molar-refractivity contribution >= 4 is 33.1 Å². The zero-order chi connectivity index (χ0) is 14.5. The van der Waals surface area contributed by atoms with Crippen molar-refractivity contribution in [2.45, 2.75) is 44.7 Å². The highest BCUT2D eigenvalue weighted by Crippen LogP contribution is 2.27. The lowest BCUT2D eigenvalue weighted by Gasteiger charge is -2.14. The van der Waals surface area contributed by atoms with Gasteiger partial charge in [0.05, 0.1) is 11.5 Å². The van der Waals surface area contributed by atoms with E-state index in [0.29, 0.717) is 10.4 Å². The minimum atomic E-state index is -3.54. The summed E-state index contributed by atoms with van der Waals surface area (Å²) in [4.78, 5) is 0.745. The lowest BCUT2D eigenvalue weighted by Crippen LogP contribution is -2.33. The number of nitrogens with one attached hydrogen (secondary N) is 1. The first kappa shape index (κ1) is 17.0. The van der Waals surface area contributed by atoms with E-state index in [1.807, 2.05) is 6.92 Å². The number of aliphatic hydroxyl groups excluding tert-OH is 1. The van der Waals surface area contributed by atoms with Crippen LogP contribution < -0.4 is 4.72 Å². The van der Waals surface area contributed by atoms with Crippen molar-refractivity contribution in [1.82, 2.24) is 4.72 Å². The van der Waals surface area contributed by atoms with E-state index >= 15 is 0 Å². The van der Waals surface area contributed by atoms with Gasteiger partial charge < -0.3 is 5.11 Å². The van der Waals surface area contributed by atoms with E-state index in [0.717, 1.165) is 17.9 Å². The van der Waals surface area contributed by atoms with Crippen molar-refractivity contribution in [3.63, 3.8) is 0 Å². The topological polar surface area (TPSA) is 66.4 Å². The molecule has 1 aromatic rings. The Bertz CT molecular complexity index is 496. The van der Waals surface area contributed by atoms with E-state index in [1.54, 1.807) is 24.1 Å². The maximum Gasteiger partial charge on any atom is 0.242 e. The fourth-order valence-electron chi connectivity index (χ4n) is 1.74. The van der Waals surface area contributed by atoms with Crippen LogP contribution in [0.3, 0.4) is 0 Å². The van der Waals surface area contributed by atoms with Gasteiger partial charge in [0.1, 0.15) is 4.90 Å². The summed E-state index contributed by atoms with van der Waals surface area (Å²) in [6.45, 7) is 5.46. The van der Waals surface area contributed by atoms with Crippen LogP contribution in [0.15, 0.2) is 10.3 Å². The van der Waals surface area contributed by atoms with E-state index < -0.39 is 10.0 Å². The van der Waals surface area contributed by atoms with E-state index in [-0.39, 0.29) is 17.5 Å². The van der Waals surface area contributed by atoms with Crippen molar-refractivity contribution in [1.29, 1.82) is 0 Å².